The van der Waals surface area contributed by atoms with Gasteiger partial charge in [-0.05, 0) is 24.3 Å². The molecule has 1 aromatic rings. The van der Waals surface area contributed by atoms with Crippen LogP contribution in [0.3, 0.4) is 0 Å². The Morgan fingerprint density at radius 1 is 0.880 bits per heavy atom. The lowest BCUT2D eigenvalue weighted by atomic mass is 10.0. The van der Waals surface area contributed by atoms with Crippen LogP contribution in [0.15, 0.2) is 24.3 Å². The number of carbonyl (C=O) groups is 1. The largest absolute Gasteiger partial charge is 0.478 e. The highest BCUT2D eigenvalue weighted by Gasteiger charge is 2.84. The first-order chi connectivity index (χ1) is 11.1. The van der Waals surface area contributed by atoms with Crippen molar-refractivity contribution in [2.24, 2.45) is 0 Å². The summed E-state index contributed by atoms with van der Waals surface area (Å²) in [6.45, 7) is 0. The normalized spacial score (nSPS) is 13.9. The van der Waals surface area contributed by atoms with Gasteiger partial charge in [0.15, 0.2) is 0 Å². The fourth-order valence-electron chi connectivity index (χ4n) is 1.41. The Hall–Kier alpha value is -2.21. The first-order valence-electron chi connectivity index (χ1n) is 5.89. The zero-order chi connectivity index (χ0) is 19.8. The monoisotopic (exact) mass is 388 g/mol. The second-order valence-corrected chi connectivity index (χ2v) is 4.52. The summed E-state index contributed by atoms with van der Waals surface area (Å²) < 4.78 is 131. The maximum absolute atomic E-state index is 13.3. The highest BCUT2D eigenvalue weighted by Crippen LogP contribution is 2.54. The maximum atomic E-state index is 13.3. The van der Waals surface area contributed by atoms with E-state index >= 15 is 0 Å². The quantitative estimate of drug-likeness (QED) is 0.699. The van der Waals surface area contributed by atoms with E-state index in [2.05, 4.69) is 4.74 Å². The zero-order valence-corrected chi connectivity index (χ0v) is 11.4. The van der Waals surface area contributed by atoms with Crippen molar-refractivity contribution in [1.82, 2.24) is 0 Å². The van der Waals surface area contributed by atoms with Crippen LogP contribution in [-0.4, -0.2) is 41.4 Å². The van der Waals surface area contributed by atoms with Crippen molar-refractivity contribution in [3.63, 3.8) is 0 Å². The van der Waals surface area contributed by atoms with Gasteiger partial charge in [-0.25, -0.2) is 13.6 Å². The summed E-state index contributed by atoms with van der Waals surface area (Å²) in [6.07, 6.45) is -11.7. The standard InChI is InChI=1S/C12H6F10O3/c13-8(14)9(15,16)10(17,18)11(19,20)12(21,22)25-6-3-1-5(2-4-6)7(23)24/h1-4,8H,(H,23,24). The van der Waals surface area contributed by atoms with Gasteiger partial charge in [0.1, 0.15) is 5.75 Å². The molecule has 0 radical (unpaired) electrons. The van der Waals surface area contributed by atoms with Gasteiger partial charge in [0.2, 0.25) is 0 Å². The summed E-state index contributed by atoms with van der Waals surface area (Å²) in [7, 11) is 0. The van der Waals surface area contributed by atoms with E-state index in [9.17, 15) is 48.7 Å². The summed E-state index contributed by atoms with van der Waals surface area (Å²) in [5.41, 5.74) is -0.531. The average molecular weight is 388 g/mol. The second kappa shape index (κ2) is 6.26. The van der Waals surface area contributed by atoms with E-state index in [1.807, 2.05) is 0 Å². The highest BCUT2D eigenvalue weighted by molar-refractivity contribution is 5.87. The third-order valence-corrected chi connectivity index (χ3v) is 2.80. The van der Waals surface area contributed by atoms with Crippen molar-refractivity contribution >= 4 is 5.97 Å². The van der Waals surface area contributed by atoms with Crippen LogP contribution in [0.25, 0.3) is 0 Å². The van der Waals surface area contributed by atoms with E-state index < -0.39 is 47.6 Å². The first-order valence-corrected chi connectivity index (χ1v) is 5.89. The van der Waals surface area contributed by atoms with Gasteiger partial charge in [0, 0.05) is 0 Å². The summed E-state index contributed by atoms with van der Waals surface area (Å²) in [5, 5.41) is 8.52. The van der Waals surface area contributed by atoms with Gasteiger partial charge < -0.3 is 9.84 Å². The molecule has 142 valence electrons. The number of aromatic carboxylic acids is 1. The third-order valence-electron chi connectivity index (χ3n) is 2.80. The molecule has 0 aromatic heterocycles. The number of carboxylic acid groups (broad SMARTS) is 1. The number of ether oxygens (including phenoxy) is 1. The van der Waals surface area contributed by atoms with Crippen LogP contribution in [0.5, 0.6) is 5.75 Å². The van der Waals surface area contributed by atoms with E-state index in [4.69, 9.17) is 5.11 Å². The number of hydrogen-bond donors (Lipinski definition) is 1. The Balaban J connectivity index is 3.19. The van der Waals surface area contributed by atoms with Crippen molar-refractivity contribution < 1.29 is 58.5 Å². The summed E-state index contributed by atoms with van der Waals surface area (Å²) >= 11 is 0. The van der Waals surface area contributed by atoms with E-state index in [0.29, 0.717) is 24.3 Å². The van der Waals surface area contributed by atoms with Crippen molar-refractivity contribution in [3.05, 3.63) is 29.8 Å². The minimum Gasteiger partial charge on any atom is -0.478 e. The number of benzene rings is 1. The number of hydrogen-bond acceptors (Lipinski definition) is 2. The number of rotatable bonds is 7. The molecule has 0 saturated heterocycles. The minimum atomic E-state index is -7.17. The predicted octanol–water partition coefficient (Wildman–Crippen LogP) is 4.53. The minimum absolute atomic E-state index is 0.344. The molecule has 1 aromatic carbocycles. The topological polar surface area (TPSA) is 46.5 Å². The summed E-state index contributed by atoms with van der Waals surface area (Å²) in [5.74, 6) is -23.8. The van der Waals surface area contributed by atoms with Crippen molar-refractivity contribution in [2.45, 2.75) is 30.3 Å². The van der Waals surface area contributed by atoms with Crippen LogP contribution in [0, 0.1) is 0 Å². The Morgan fingerprint density at radius 3 is 1.68 bits per heavy atom. The molecule has 1 rings (SSSR count). The Labute approximate surface area is 131 Å². The molecule has 0 amide bonds. The molecule has 3 nitrogen and oxygen atoms in total. The third kappa shape index (κ3) is 3.44. The number of alkyl halides is 10. The van der Waals surface area contributed by atoms with Crippen LogP contribution >= 0.6 is 0 Å². The smallest absolute Gasteiger partial charge is 0.471 e. The average Bonchev–Trinajstić information content (AvgIpc) is 2.46. The van der Waals surface area contributed by atoms with Crippen LogP contribution in [0.2, 0.25) is 0 Å². The van der Waals surface area contributed by atoms with Crippen LogP contribution in [0.4, 0.5) is 43.9 Å². The molecule has 0 bridgehead atoms. The zero-order valence-electron chi connectivity index (χ0n) is 11.4. The fourth-order valence-corrected chi connectivity index (χ4v) is 1.41. The van der Waals surface area contributed by atoms with Crippen LogP contribution in [0.1, 0.15) is 10.4 Å². The molecule has 25 heavy (non-hydrogen) atoms. The molecule has 13 heteroatoms. The Kier molecular flexibility index (Phi) is 5.22. The van der Waals surface area contributed by atoms with Crippen LogP contribution < -0.4 is 4.74 Å². The van der Waals surface area contributed by atoms with E-state index in [1.165, 1.54) is 0 Å². The lowest BCUT2D eigenvalue weighted by molar-refractivity contribution is -0.419. The predicted molar refractivity (Wildman–Crippen MR) is 59.8 cm³/mol. The molecule has 0 saturated carbocycles. The summed E-state index contributed by atoms with van der Waals surface area (Å²) in [6, 6.07) is 1.79. The van der Waals surface area contributed by atoms with Gasteiger partial charge in [-0.15, -0.1) is 0 Å². The Morgan fingerprint density at radius 2 is 1.32 bits per heavy atom. The lowest BCUT2D eigenvalue weighted by Crippen LogP contribution is -2.65. The molecule has 0 unspecified atom stereocenters. The molecule has 0 heterocycles. The molecule has 1 N–H and O–H groups in total. The van der Waals surface area contributed by atoms with Gasteiger partial charge in [-0.3, -0.25) is 0 Å². The van der Waals surface area contributed by atoms with Gasteiger partial charge >= 0.3 is 36.3 Å². The number of carboxylic acids is 1. The van der Waals surface area contributed by atoms with Crippen LogP contribution in [-0.2, 0) is 0 Å². The van der Waals surface area contributed by atoms with Crippen molar-refractivity contribution in [1.29, 1.82) is 0 Å². The van der Waals surface area contributed by atoms with Gasteiger partial charge in [0.05, 0.1) is 5.56 Å². The van der Waals surface area contributed by atoms with Gasteiger partial charge in [-0.1, -0.05) is 0 Å². The molecule has 0 atom stereocenters. The molecular formula is C12H6F10O3. The van der Waals surface area contributed by atoms with Gasteiger partial charge in [-0.2, -0.15) is 35.1 Å². The highest BCUT2D eigenvalue weighted by atomic mass is 19.4. The van der Waals surface area contributed by atoms with E-state index in [0.717, 1.165) is 0 Å². The molecule has 0 aliphatic rings. The molecule has 0 spiro atoms. The molecule has 0 aliphatic heterocycles. The van der Waals surface area contributed by atoms with E-state index in [-0.39, 0.29) is 0 Å². The molecule has 0 aliphatic carbocycles. The first kappa shape index (κ1) is 20.8. The SMILES string of the molecule is O=C(O)c1ccc(OC(F)(F)C(F)(F)C(F)(F)C(F)(F)C(F)F)cc1. The number of halogens is 10. The Bertz CT molecular complexity index is 627. The molecule has 0 fully saturated rings. The molecular weight excluding hydrogens is 382 g/mol. The van der Waals surface area contributed by atoms with Crippen molar-refractivity contribution in [2.75, 3.05) is 0 Å². The summed E-state index contributed by atoms with van der Waals surface area (Å²) in [4.78, 5) is 10.5. The van der Waals surface area contributed by atoms with Crippen molar-refractivity contribution in [3.8, 4) is 5.75 Å². The fraction of sp³-hybridized carbons (Fsp3) is 0.417. The maximum Gasteiger partial charge on any atom is 0.471 e. The van der Waals surface area contributed by atoms with Gasteiger partial charge in [0.25, 0.3) is 0 Å². The second-order valence-electron chi connectivity index (χ2n) is 4.52. The van der Waals surface area contributed by atoms with E-state index in [1.54, 1.807) is 0 Å². The lowest BCUT2D eigenvalue weighted by Gasteiger charge is -2.35.